The number of thiol groups is 1. The van der Waals surface area contributed by atoms with E-state index in [4.69, 9.17) is 10.8 Å². The molecule has 0 bridgehead atoms. The number of benzene rings is 3. The van der Waals surface area contributed by atoms with E-state index in [2.05, 4.69) is 55.2 Å². The number of carboxylic acids is 5. The summed E-state index contributed by atoms with van der Waals surface area (Å²) in [6, 6.07) is 11.2. The summed E-state index contributed by atoms with van der Waals surface area (Å²) < 4.78 is 0. The molecule has 9 atom stereocenters. The molecule has 3 aromatic rings. The molecule has 0 saturated carbocycles. The quantitative estimate of drug-likeness (QED) is 0.0260. The zero-order chi connectivity index (χ0) is 63.9. The summed E-state index contributed by atoms with van der Waals surface area (Å²) in [5, 5.41) is 70.2. The standard InChI is InChI=1S/C55H71N11O19S/c1-30(59-49(76)38(24-32-13-7-3-8-14-32)60-43(68)21-18-35(52(79)80)65-55(85)66-36(53(81)82)19-22-45(70)71)17-20-42(67)57-28-44(69)61-39(25-33-15-9-4-10-16-33)50(77)63-37(23-31-11-5-2-6-12-31)48(75)58-27-34(56)47(74)62-40(26-46(72)73)51(78)64-41(29-86)54(83)84/h2-16,30,34-41,86H,17-29,56H2,1H3,(H,57,67)(H,58,75)(H,59,76)(H,60,68)(H,61,69)(H,62,74)(H,63,77)(H,64,78)(H,70,71)(H,72,73)(H,79,80)(H,81,82)(H,83,84)(H2,65,66,85)/t30-,34-,35-,36-,37?,38-,39-,40-,41-/m0/s1. The summed E-state index contributed by atoms with van der Waals surface area (Å²) in [5.74, 6) is -14.7. The van der Waals surface area contributed by atoms with Crippen LogP contribution in [-0.4, -0.2) is 182 Å². The number of carbonyl (C=O) groups is 14. The van der Waals surface area contributed by atoms with Gasteiger partial charge in [-0.3, -0.25) is 47.9 Å². The number of amides is 10. The zero-order valence-electron chi connectivity index (χ0n) is 46.5. The fourth-order valence-corrected chi connectivity index (χ4v) is 8.20. The molecule has 10 amide bonds. The van der Waals surface area contributed by atoms with E-state index in [-0.39, 0.29) is 37.9 Å². The average molecular weight is 1220 g/mol. The van der Waals surface area contributed by atoms with Gasteiger partial charge in [0.15, 0.2) is 0 Å². The molecule has 0 radical (unpaired) electrons. The van der Waals surface area contributed by atoms with Crippen molar-refractivity contribution in [1.29, 1.82) is 0 Å². The Bertz CT molecular complexity index is 2860. The van der Waals surface area contributed by atoms with E-state index in [1.807, 2.05) is 10.6 Å². The summed E-state index contributed by atoms with van der Waals surface area (Å²) in [7, 11) is 0. The van der Waals surface area contributed by atoms with Gasteiger partial charge in [0.05, 0.1) is 13.0 Å². The number of aliphatic carboxylic acids is 5. The van der Waals surface area contributed by atoms with Crippen molar-refractivity contribution in [3.63, 3.8) is 0 Å². The predicted molar refractivity (Wildman–Crippen MR) is 305 cm³/mol. The third kappa shape index (κ3) is 27.2. The van der Waals surface area contributed by atoms with Crippen molar-refractivity contribution in [2.75, 3.05) is 18.8 Å². The van der Waals surface area contributed by atoms with Gasteiger partial charge >= 0.3 is 35.9 Å². The fourth-order valence-electron chi connectivity index (χ4n) is 7.95. The van der Waals surface area contributed by atoms with Crippen LogP contribution in [0.4, 0.5) is 4.79 Å². The van der Waals surface area contributed by atoms with Crippen LogP contribution in [0.3, 0.4) is 0 Å². The number of nitrogens with two attached hydrogens (primary N) is 1. The molecule has 466 valence electrons. The van der Waals surface area contributed by atoms with Gasteiger partial charge in [-0.1, -0.05) is 91.0 Å². The molecule has 3 aromatic carbocycles. The van der Waals surface area contributed by atoms with Gasteiger partial charge in [-0.15, -0.1) is 0 Å². The van der Waals surface area contributed by atoms with E-state index in [1.165, 1.54) is 0 Å². The second-order valence-corrected chi connectivity index (χ2v) is 19.9. The molecule has 86 heavy (non-hydrogen) atoms. The van der Waals surface area contributed by atoms with Crippen LogP contribution >= 0.6 is 12.6 Å². The molecule has 0 fully saturated rings. The van der Waals surface area contributed by atoms with Crippen molar-refractivity contribution in [3.8, 4) is 0 Å². The van der Waals surface area contributed by atoms with E-state index in [1.54, 1.807) is 97.9 Å². The van der Waals surface area contributed by atoms with Gasteiger partial charge in [-0.2, -0.15) is 12.6 Å². The molecule has 31 heteroatoms. The second-order valence-electron chi connectivity index (χ2n) is 19.6. The number of hydrogen-bond acceptors (Lipinski definition) is 16. The van der Waals surface area contributed by atoms with E-state index >= 15 is 0 Å². The van der Waals surface area contributed by atoms with Gasteiger partial charge in [0, 0.05) is 56.9 Å². The molecule has 0 aromatic heterocycles. The van der Waals surface area contributed by atoms with E-state index in [0.717, 1.165) is 0 Å². The lowest BCUT2D eigenvalue weighted by atomic mass is 10.0. The highest BCUT2D eigenvalue weighted by Gasteiger charge is 2.33. The molecule has 3 rings (SSSR count). The number of nitrogens with one attached hydrogen (secondary N) is 10. The summed E-state index contributed by atoms with van der Waals surface area (Å²) in [6.45, 7) is 0.345. The lowest BCUT2D eigenvalue weighted by Gasteiger charge is -2.24. The average Bonchev–Trinajstić information content (AvgIpc) is 3.49. The Hall–Kier alpha value is -9.65. The van der Waals surface area contributed by atoms with Crippen LogP contribution in [-0.2, 0) is 81.6 Å². The van der Waals surface area contributed by atoms with Crippen LogP contribution in [0, 0.1) is 0 Å². The molecule has 1 unspecified atom stereocenters. The Morgan fingerprint density at radius 3 is 1.28 bits per heavy atom. The maximum Gasteiger partial charge on any atom is 0.327 e. The first kappa shape index (κ1) is 70.6. The van der Waals surface area contributed by atoms with Crippen molar-refractivity contribution in [2.45, 2.75) is 126 Å². The van der Waals surface area contributed by atoms with E-state index in [9.17, 15) is 87.5 Å². The van der Waals surface area contributed by atoms with Crippen molar-refractivity contribution in [3.05, 3.63) is 108 Å². The lowest BCUT2D eigenvalue weighted by Crippen LogP contribution is -2.59. The molecule has 0 aliphatic carbocycles. The molecular weight excluding hydrogens is 1150 g/mol. The topological polar surface area (TPSA) is 486 Å². The molecular formula is C55H71N11O19S. The lowest BCUT2D eigenvalue weighted by molar-refractivity contribution is -0.143. The Kier molecular flexibility index (Phi) is 30.2. The normalized spacial score (nSPS) is 13.9. The summed E-state index contributed by atoms with van der Waals surface area (Å²) in [6.07, 6.45) is -3.55. The molecule has 17 N–H and O–H groups in total. The van der Waals surface area contributed by atoms with Crippen molar-refractivity contribution >= 4 is 95.8 Å². The van der Waals surface area contributed by atoms with Crippen molar-refractivity contribution in [2.24, 2.45) is 5.73 Å². The Morgan fingerprint density at radius 1 is 0.419 bits per heavy atom. The van der Waals surface area contributed by atoms with E-state index in [0.29, 0.717) is 16.7 Å². The van der Waals surface area contributed by atoms with Crippen LogP contribution in [0.25, 0.3) is 0 Å². The monoisotopic (exact) mass is 1220 g/mol. The Balaban J connectivity index is 1.64. The molecule has 0 saturated heterocycles. The number of rotatable bonds is 38. The first-order valence-corrected chi connectivity index (χ1v) is 27.4. The Labute approximate surface area is 497 Å². The van der Waals surface area contributed by atoms with Gasteiger partial charge in [0.25, 0.3) is 0 Å². The van der Waals surface area contributed by atoms with Gasteiger partial charge in [-0.05, 0) is 42.9 Å². The number of hydrogen-bond donors (Lipinski definition) is 17. The maximum atomic E-state index is 14.1. The van der Waals surface area contributed by atoms with Crippen molar-refractivity contribution < 1.29 is 92.7 Å². The van der Waals surface area contributed by atoms with Gasteiger partial charge in [0.2, 0.25) is 47.3 Å². The minimum atomic E-state index is -1.77. The highest BCUT2D eigenvalue weighted by Crippen LogP contribution is 2.10. The zero-order valence-corrected chi connectivity index (χ0v) is 47.4. The maximum absolute atomic E-state index is 14.1. The molecule has 0 aliphatic rings. The SMILES string of the molecule is C[C@@H](CCC(=O)NCC(=O)N[C@@H](Cc1ccccc1)C(=O)NC(Cc1ccccc1)C(=O)NC[C@H](N)C(=O)N[C@@H](CC(=O)O)C(=O)N[C@@H](CS)C(=O)O)NC(=O)[C@H](Cc1ccccc1)NC(=O)CC[C@H](NC(=O)N[C@@H](CCC(=O)O)C(=O)O)C(=O)O. The summed E-state index contributed by atoms with van der Waals surface area (Å²) in [5.41, 5.74) is 7.81. The molecule has 0 heterocycles. The van der Waals surface area contributed by atoms with Crippen LogP contribution < -0.4 is 58.9 Å². The first-order chi connectivity index (χ1) is 40.7. The molecule has 30 nitrogen and oxygen atoms in total. The van der Waals surface area contributed by atoms with Crippen LogP contribution in [0.5, 0.6) is 0 Å². The largest absolute Gasteiger partial charge is 0.481 e. The number of urea groups is 1. The number of carboxylic acid groups (broad SMARTS) is 5. The third-order valence-electron chi connectivity index (χ3n) is 12.6. The van der Waals surface area contributed by atoms with Crippen LogP contribution in [0.2, 0.25) is 0 Å². The van der Waals surface area contributed by atoms with Gasteiger partial charge in [0.1, 0.15) is 48.3 Å². The second kappa shape index (κ2) is 36.8. The first-order valence-electron chi connectivity index (χ1n) is 26.8. The third-order valence-corrected chi connectivity index (χ3v) is 12.9. The Morgan fingerprint density at radius 2 is 0.826 bits per heavy atom. The summed E-state index contributed by atoms with van der Waals surface area (Å²) >= 11 is 3.85. The highest BCUT2D eigenvalue weighted by atomic mass is 32.1. The van der Waals surface area contributed by atoms with Crippen LogP contribution in [0.15, 0.2) is 91.0 Å². The van der Waals surface area contributed by atoms with E-state index < -0.39 is 183 Å². The molecule has 0 aliphatic heterocycles. The van der Waals surface area contributed by atoms with Gasteiger partial charge < -0.3 is 84.4 Å². The summed E-state index contributed by atoms with van der Waals surface area (Å²) in [4.78, 5) is 177. The minimum Gasteiger partial charge on any atom is -0.481 e. The predicted octanol–water partition coefficient (Wildman–Crippen LogP) is -2.68. The fraction of sp³-hybridized carbons (Fsp3) is 0.418. The minimum absolute atomic E-state index is 0.0197. The smallest absolute Gasteiger partial charge is 0.327 e. The highest BCUT2D eigenvalue weighted by molar-refractivity contribution is 7.80. The van der Waals surface area contributed by atoms with Gasteiger partial charge in [-0.25, -0.2) is 19.2 Å². The van der Waals surface area contributed by atoms with Crippen LogP contribution in [0.1, 0.15) is 68.6 Å². The number of carbonyl (C=O) groups excluding carboxylic acids is 9. The van der Waals surface area contributed by atoms with Crippen molar-refractivity contribution in [1.82, 2.24) is 53.2 Å². The molecule has 0 spiro atoms.